The van der Waals surface area contributed by atoms with Crippen LogP contribution in [0.25, 0.3) is 0 Å². The molecule has 15 heavy (non-hydrogen) atoms. The zero-order valence-corrected chi connectivity index (χ0v) is 10.5. The minimum absolute atomic E-state index is 0.210. The predicted octanol–water partition coefficient (Wildman–Crippen LogP) is 2.27. The molecule has 0 spiro atoms. The lowest BCUT2D eigenvalue weighted by molar-refractivity contribution is -0.157. The van der Waals surface area contributed by atoms with Crippen molar-refractivity contribution in [2.75, 3.05) is 0 Å². The highest BCUT2D eigenvalue weighted by molar-refractivity contribution is 5.75. The largest absolute Gasteiger partial charge is 0.459 e. The molecule has 0 saturated heterocycles. The highest BCUT2D eigenvalue weighted by Gasteiger charge is 2.22. The van der Waals surface area contributed by atoms with Crippen molar-refractivity contribution in [1.29, 1.82) is 0 Å². The lowest BCUT2D eigenvalue weighted by Crippen LogP contribution is -2.43. The minimum atomic E-state index is -0.422. The van der Waals surface area contributed by atoms with E-state index in [9.17, 15) is 4.79 Å². The van der Waals surface area contributed by atoms with Crippen molar-refractivity contribution in [2.24, 2.45) is 0 Å². The van der Waals surface area contributed by atoms with Gasteiger partial charge in [0.15, 0.2) is 0 Å². The summed E-state index contributed by atoms with van der Waals surface area (Å²) in [5.74, 6) is -0.210. The Morgan fingerprint density at radius 3 is 2.40 bits per heavy atom. The third-order valence-electron chi connectivity index (χ3n) is 1.82. The van der Waals surface area contributed by atoms with E-state index in [1.165, 1.54) is 0 Å². The van der Waals surface area contributed by atoms with Gasteiger partial charge in [-0.2, -0.15) is 0 Å². The highest BCUT2D eigenvalue weighted by Crippen LogP contribution is 2.08. The smallest absolute Gasteiger partial charge is 0.323 e. The molecule has 3 heteroatoms. The average Bonchev–Trinajstić information content (AvgIpc) is 2.00. The second kappa shape index (κ2) is 5.91. The number of carbonyl (C=O) groups is 1. The molecule has 2 unspecified atom stereocenters. The number of ether oxygens (including phenoxy) is 1. The Balaban J connectivity index is 4.04. The van der Waals surface area contributed by atoms with Crippen LogP contribution in [0.3, 0.4) is 0 Å². The number of nitrogens with one attached hydrogen (secondary N) is 1. The summed E-state index contributed by atoms with van der Waals surface area (Å²) in [7, 11) is 0. The van der Waals surface area contributed by atoms with Crippen molar-refractivity contribution in [2.45, 2.75) is 58.7 Å². The van der Waals surface area contributed by atoms with Crippen molar-refractivity contribution in [1.82, 2.24) is 5.32 Å². The maximum absolute atomic E-state index is 11.6. The van der Waals surface area contributed by atoms with E-state index in [4.69, 9.17) is 4.74 Å². The fourth-order valence-electron chi connectivity index (χ4n) is 1.20. The summed E-state index contributed by atoms with van der Waals surface area (Å²) in [6, 6.07) is -0.0378. The van der Waals surface area contributed by atoms with E-state index in [0.717, 1.165) is 6.42 Å². The molecule has 0 aliphatic rings. The third kappa shape index (κ3) is 7.14. The Morgan fingerprint density at radius 1 is 1.47 bits per heavy atom. The Morgan fingerprint density at radius 2 is 2.00 bits per heavy atom. The van der Waals surface area contributed by atoms with E-state index in [1.54, 1.807) is 0 Å². The topological polar surface area (TPSA) is 38.3 Å². The molecular weight excluding hydrogens is 190 g/mol. The van der Waals surface area contributed by atoms with Crippen LogP contribution in [-0.2, 0) is 9.53 Å². The standard InChI is InChI=1S/C12H23NO2/c1-7-8-9(2)13-10(3)11(14)15-12(4,5)6/h7,9-10,13H,1,8H2,2-6H3. The van der Waals surface area contributed by atoms with Gasteiger partial charge in [0.05, 0.1) is 0 Å². The normalized spacial score (nSPS) is 15.5. The maximum atomic E-state index is 11.6. The van der Waals surface area contributed by atoms with Crippen molar-refractivity contribution < 1.29 is 9.53 Å². The monoisotopic (exact) mass is 213 g/mol. The lowest BCUT2D eigenvalue weighted by Gasteiger charge is -2.24. The second-order valence-corrected chi connectivity index (χ2v) is 4.85. The third-order valence-corrected chi connectivity index (χ3v) is 1.82. The number of carbonyl (C=O) groups excluding carboxylic acids is 1. The van der Waals surface area contributed by atoms with Gasteiger partial charge in [-0.25, -0.2) is 0 Å². The molecule has 3 nitrogen and oxygen atoms in total. The molecule has 0 aromatic rings. The fourth-order valence-corrected chi connectivity index (χ4v) is 1.20. The van der Waals surface area contributed by atoms with E-state index < -0.39 is 5.60 Å². The molecule has 0 radical (unpaired) electrons. The lowest BCUT2D eigenvalue weighted by atomic mass is 10.1. The number of hydrogen-bond acceptors (Lipinski definition) is 3. The molecule has 0 rings (SSSR count). The molecule has 0 heterocycles. The van der Waals surface area contributed by atoms with Gasteiger partial charge in [-0.15, -0.1) is 6.58 Å². The SMILES string of the molecule is C=CCC(C)NC(C)C(=O)OC(C)(C)C. The molecule has 0 amide bonds. The maximum Gasteiger partial charge on any atom is 0.323 e. The Bertz CT molecular complexity index is 218. The molecule has 88 valence electrons. The van der Waals surface area contributed by atoms with Gasteiger partial charge in [0.1, 0.15) is 11.6 Å². The van der Waals surface area contributed by atoms with E-state index in [1.807, 2.05) is 40.7 Å². The van der Waals surface area contributed by atoms with E-state index in [2.05, 4.69) is 11.9 Å². The number of rotatable bonds is 5. The molecule has 0 bridgehead atoms. The number of esters is 1. The van der Waals surface area contributed by atoms with Crippen LogP contribution in [-0.4, -0.2) is 23.7 Å². The Kier molecular flexibility index (Phi) is 5.58. The van der Waals surface area contributed by atoms with Gasteiger partial charge in [-0.05, 0) is 41.0 Å². The molecule has 1 N–H and O–H groups in total. The second-order valence-electron chi connectivity index (χ2n) is 4.85. The van der Waals surface area contributed by atoms with Crippen LogP contribution < -0.4 is 5.32 Å². The van der Waals surface area contributed by atoms with Crippen molar-refractivity contribution in [3.63, 3.8) is 0 Å². The first-order chi connectivity index (χ1) is 6.76. The van der Waals surface area contributed by atoms with Crippen LogP contribution in [0.15, 0.2) is 12.7 Å². The van der Waals surface area contributed by atoms with Crippen LogP contribution in [0.5, 0.6) is 0 Å². The van der Waals surface area contributed by atoms with Crippen LogP contribution >= 0.6 is 0 Å². The van der Waals surface area contributed by atoms with E-state index in [0.29, 0.717) is 0 Å². The summed E-state index contributed by atoms with van der Waals surface area (Å²) in [5.41, 5.74) is -0.422. The van der Waals surface area contributed by atoms with Crippen LogP contribution in [0.4, 0.5) is 0 Å². The van der Waals surface area contributed by atoms with Gasteiger partial charge in [0.25, 0.3) is 0 Å². The summed E-state index contributed by atoms with van der Waals surface area (Å²) >= 11 is 0. The van der Waals surface area contributed by atoms with Gasteiger partial charge >= 0.3 is 5.97 Å². The van der Waals surface area contributed by atoms with Gasteiger partial charge in [-0.3, -0.25) is 4.79 Å². The average molecular weight is 213 g/mol. The fraction of sp³-hybridized carbons (Fsp3) is 0.750. The zero-order chi connectivity index (χ0) is 12.1. The highest BCUT2D eigenvalue weighted by atomic mass is 16.6. The van der Waals surface area contributed by atoms with E-state index >= 15 is 0 Å². The first-order valence-corrected chi connectivity index (χ1v) is 5.36. The summed E-state index contributed by atoms with van der Waals surface area (Å²) in [6.07, 6.45) is 2.67. The Labute approximate surface area is 92.9 Å². The number of hydrogen-bond donors (Lipinski definition) is 1. The van der Waals surface area contributed by atoms with Crippen molar-refractivity contribution in [3.8, 4) is 0 Å². The molecule has 0 aromatic carbocycles. The van der Waals surface area contributed by atoms with Gasteiger partial charge < -0.3 is 10.1 Å². The summed E-state index contributed by atoms with van der Waals surface area (Å²) in [6.45, 7) is 13.1. The molecule has 2 atom stereocenters. The first kappa shape index (κ1) is 14.2. The first-order valence-electron chi connectivity index (χ1n) is 5.36. The van der Waals surface area contributed by atoms with Crippen LogP contribution in [0.2, 0.25) is 0 Å². The summed E-state index contributed by atoms with van der Waals surface area (Å²) in [5, 5.41) is 3.16. The van der Waals surface area contributed by atoms with Gasteiger partial charge in [0.2, 0.25) is 0 Å². The summed E-state index contributed by atoms with van der Waals surface area (Å²) in [4.78, 5) is 11.6. The molecule has 0 aliphatic carbocycles. The predicted molar refractivity (Wildman–Crippen MR) is 62.7 cm³/mol. The van der Waals surface area contributed by atoms with Gasteiger partial charge in [-0.1, -0.05) is 6.08 Å². The van der Waals surface area contributed by atoms with Crippen molar-refractivity contribution in [3.05, 3.63) is 12.7 Å². The molecule has 0 aromatic heterocycles. The van der Waals surface area contributed by atoms with Crippen LogP contribution in [0.1, 0.15) is 41.0 Å². The van der Waals surface area contributed by atoms with Crippen molar-refractivity contribution >= 4 is 5.97 Å². The molecule has 0 saturated carbocycles. The Hall–Kier alpha value is -0.830. The molecule has 0 fully saturated rings. The molecular formula is C12H23NO2. The summed E-state index contributed by atoms with van der Waals surface area (Å²) < 4.78 is 5.25. The minimum Gasteiger partial charge on any atom is -0.459 e. The van der Waals surface area contributed by atoms with Crippen LogP contribution in [0, 0.1) is 0 Å². The molecule has 0 aliphatic heterocycles. The van der Waals surface area contributed by atoms with E-state index in [-0.39, 0.29) is 18.1 Å². The zero-order valence-electron chi connectivity index (χ0n) is 10.5. The quantitative estimate of drug-likeness (QED) is 0.562. The van der Waals surface area contributed by atoms with Gasteiger partial charge in [0, 0.05) is 6.04 Å².